The highest BCUT2D eigenvalue weighted by atomic mass is 16.7. The van der Waals surface area contributed by atoms with Crippen LogP contribution in [0.1, 0.15) is 26.7 Å². The van der Waals surface area contributed by atoms with Crippen LogP contribution in [0, 0.1) is 10.1 Å². The highest BCUT2D eigenvalue weighted by Crippen LogP contribution is 1.92. The lowest BCUT2D eigenvalue weighted by molar-refractivity contribution is -0.655. The highest BCUT2D eigenvalue weighted by molar-refractivity contribution is 4.40. The zero-order chi connectivity index (χ0) is 7.98. The molecule has 4 nitrogen and oxygen atoms in total. The fraction of sp³-hybridized carbons (Fsp3) is 1.00. The summed E-state index contributed by atoms with van der Waals surface area (Å²) >= 11 is 0. The molecule has 0 fully saturated rings. The third-order valence-electron chi connectivity index (χ3n) is 1.19. The lowest BCUT2D eigenvalue weighted by atomic mass is 10.5. The number of nitro groups is 1. The molecule has 0 aromatic carbocycles. The number of hydrazine groups is 1. The predicted molar refractivity (Wildman–Crippen MR) is 39.1 cm³/mol. The van der Waals surface area contributed by atoms with Crippen molar-refractivity contribution in [1.29, 1.82) is 0 Å². The van der Waals surface area contributed by atoms with Crippen LogP contribution in [0.25, 0.3) is 0 Å². The Morgan fingerprint density at radius 2 is 1.70 bits per heavy atom. The Balaban J connectivity index is 3.61. The molecule has 0 spiro atoms. The van der Waals surface area contributed by atoms with Crippen LogP contribution < -0.4 is 0 Å². The summed E-state index contributed by atoms with van der Waals surface area (Å²) in [6, 6.07) is 0. The Morgan fingerprint density at radius 1 is 1.30 bits per heavy atom. The van der Waals surface area contributed by atoms with Gasteiger partial charge in [0.15, 0.2) is 5.03 Å². The van der Waals surface area contributed by atoms with Crippen LogP contribution >= 0.6 is 0 Å². The van der Waals surface area contributed by atoms with E-state index in [1.165, 1.54) is 5.01 Å². The Morgan fingerprint density at radius 3 is 1.90 bits per heavy atom. The molecule has 0 saturated heterocycles. The summed E-state index contributed by atoms with van der Waals surface area (Å²) in [5.41, 5.74) is 0. The van der Waals surface area contributed by atoms with Crippen molar-refractivity contribution in [3.8, 4) is 0 Å². The maximum Gasteiger partial charge on any atom is 0.160 e. The van der Waals surface area contributed by atoms with Crippen LogP contribution in [0.4, 0.5) is 0 Å². The van der Waals surface area contributed by atoms with Gasteiger partial charge in [-0.25, -0.2) is 10.1 Å². The predicted octanol–water partition coefficient (Wildman–Crippen LogP) is 1.30. The first-order valence-corrected chi connectivity index (χ1v) is 3.61. The fourth-order valence-corrected chi connectivity index (χ4v) is 0.791. The Bertz CT molecular complexity index is 99.9. The van der Waals surface area contributed by atoms with Gasteiger partial charge in [0.2, 0.25) is 0 Å². The molecule has 0 radical (unpaired) electrons. The second-order valence-corrected chi connectivity index (χ2v) is 2.19. The SMILES string of the molecule is CCCN([13CH2][13CH2][13CH3])[N+](=O)[O-]. The van der Waals surface area contributed by atoms with Crippen molar-refractivity contribution in [3.63, 3.8) is 0 Å². The van der Waals surface area contributed by atoms with Crippen LogP contribution in [0.5, 0.6) is 0 Å². The van der Waals surface area contributed by atoms with E-state index in [9.17, 15) is 10.1 Å². The first-order valence-electron chi connectivity index (χ1n) is 3.61. The molecule has 0 unspecified atom stereocenters. The van der Waals surface area contributed by atoms with Crippen LogP contribution in [0.2, 0.25) is 0 Å². The van der Waals surface area contributed by atoms with E-state index in [0.717, 1.165) is 12.8 Å². The minimum atomic E-state index is -0.326. The molecule has 60 valence electrons. The molecule has 0 saturated carbocycles. The Kier molecular flexibility index (Phi) is 4.62. The molecule has 0 bridgehead atoms. The van der Waals surface area contributed by atoms with Crippen molar-refractivity contribution in [2.24, 2.45) is 0 Å². The summed E-state index contributed by atoms with van der Waals surface area (Å²) in [6.45, 7) is 4.99. The molecule has 0 aromatic heterocycles. The van der Waals surface area contributed by atoms with Gasteiger partial charge in [0.05, 0.1) is 13.1 Å². The summed E-state index contributed by atoms with van der Waals surface area (Å²) in [6.07, 6.45) is 1.67. The molecule has 0 aliphatic heterocycles. The second kappa shape index (κ2) is 5.02. The molecule has 10 heavy (non-hydrogen) atoms. The van der Waals surface area contributed by atoms with E-state index in [2.05, 4.69) is 0 Å². The van der Waals surface area contributed by atoms with E-state index in [4.69, 9.17) is 0 Å². The highest BCUT2D eigenvalue weighted by Gasteiger charge is 2.09. The van der Waals surface area contributed by atoms with Crippen molar-refractivity contribution in [2.75, 3.05) is 13.1 Å². The number of hydrogen-bond donors (Lipinski definition) is 0. The normalized spacial score (nSPS) is 9.40. The van der Waals surface area contributed by atoms with Gasteiger partial charge in [-0.1, -0.05) is 13.8 Å². The van der Waals surface area contributed by atoms with Gasteiger partial charge >= 0.3 is 0 Å². The molecule has 0 N–H and O–H groups in total. The molecule has 0 aromatic rings. The lowest BCUT2D eigenvalue weighted by Gasteiger charge is -2.10. The molecule has 0 aliphatic rings. The van der Waals surface area contributed by atoms with Crippen LogP contribution in [0.3, 0.4) is 0 Å². The monoisotopic (exact) mass is 149 g/mol. The van der Waals surface area contributed by atoms with Gasteiger partial charge in [0.25, 0.3) is 0 Å². The topological polar surface area (TPSA) is 46.4 Å². The van der Waals surface area contributed by atoms with Crippen molar-refractivity contribution in [1.82, 2.24) is 5.01 Å². The van der Waals surface area contributed by atoms with E-state index >= 15 is 0 Å². The quantitative estimate of drug-likeness (QED) is 0.336. The largest absolute Gasteiger partial charge is 0.235 e. The molecule has 0 aliphatic carbocycles. The average molecular weight is 149 g/mol. The van der Waals surface area contributed by atoms with Crippen LogP contribution in [-0.2, 0) is 0 Å². The first kappa shape index (κ1) is 9.20. The van der Waals surface area contributed by atoms with Gasteiger partial charge < -0.3 is 0 Å². The van der Waals surface area contributed by atoms with E-state index < -0.39 is 0 Å². The summed E-state index contributed by atoms with van der Waals surface area (Å²) in [7, 11) is 0. The lowest BCUT2D eigenvalue weighted by Crippen LogP contribution is -2.31. The van der Waals surface area contributed by atoms with Crippen molar-refractivity contribution >= 4 is 0 Å². The standard InChI is InChI=1S/C6H14N2O2/c1-3-5-7(6-4-2)8(9)10/h3-6H2,1-2H3/i1+1,3+1,5+1. The van der Waals surface area contributed by atoms with Gasteiger partial charge in [-0.15, -0.1) is 5.01 Å². The van der Waals surface area contributed by atoms with E-state index in [1.54, 1.807) is 0 Å². The second-order valence-electron chi connectivity index (χ2n) is 2.19. The minimum Gasteiger partial charge on any atom is -0.235 e. The Labute approximate surface area is 60.9 Å². The average Bonchev–Trinajstić information content (AvgIpc) is 1.87. The van der Waals surface area contributed by atoms with Crippen molar-refractivity contribution in [3.05, 3.63) is 10.1 Å². The summed E-state index contributed by atoms with van der Waals surface area (Å²) < 4.78 is 0. The summed E-state index contributed by atoms with van der Waals surface area (Å²) in [5.74, 6) is 0. The molecular formula is C6H14N2O2. The van der Waals surface area contributed by atoms with Crippen LogP contribution in [-0.4, -0.2) is 23.1 Å². The van der Waals surface area contributed by atoms with Gasteiger partial charge in [0, 0.05) is 0 Å². The summed E-state index contributed by atoms with van der Waals surface area (Å²) in [4.78, 5) is 10.2. The zero-order valence-electron chi connectivity index (χ0n) is 6.54. The van der Waals surface area contributed by atoms with Gasteiger partial charge in [-0.3, -0.25) is 0 Å². The minimum absolute atomic E-state index is 0.326. The molecule has 0 rings (SSSR count). The molecule has 4 heteroatoms. The molecule has 0 amide bonds. The number of rotatable bonds is 5. The smallest absolute Gasteiger partial charge is 0.160 e. The molecule has 0 heterocycles. The van der Waals surface area contributed by atoms with Crippen molar-refractivity contribution < 1.29 is 5.03 Å². The van der Waals surface area contributed by atoms with Gasteiger partial charge in [0.1, 0.15) is 0 Å². The van der Waals surface area contributed by atoms with E-state index in [1.807, 2.05) is 13.8 Å². The number of nitrogens with zero attached hydrogens (tertiary/aromatic N) is 2. The third kappa shape index (κ3) is 3.27. The van der Waals surface area contributed by atoms with Crippen LogP contribution in [0.15, 0.2) is 0 Å². The molecule has 0 atom stereocenters. The molecular weight excluding hydrogens is 135 g/mol. The first-order chi connectivity index (χ1) is 4.72. The van der Waals surface area contributed by atoms with E-state index in [-0.39, 0.29) is 5.03 Å². The zero-order valence-corrected chi connectivity index (χ0v) is 6.54. The fourth-order valence-electron chi connectivity index (χ4n) is 0.791. The van der Waals surface area contributed by atoms with Gasteiger partial charge in [-0.05, 0) is 12.8 Å². The maximum absolute atomic E-state index is 10.2. The Hall–Kier alpha value is -0.800. The summed E-state index contributed by atoms with van der Waals surface area (Å²) in [5, 5.41) is 11.1. The maximum atomic E-state index is 10.2. The van der Waals surface area contributed by atoms with Gasteiger partial charge in [-0.2, -0.15) is 0 Å². The third-order valence-corrected chi connectivity index (χ3v) is 1.19. The van der Waals surface area contributed by atoms with Crippen molar-refractivity contribution in [2.45, 2.75) is 26.7 Å². The van der Waals surface area contributed by atoms with E-state index in [0.29, 0.717) is 13.1 Å². The number of hydrogen-bond acceptors (Lipinski definition) is 2.